The molecule has 0 heterocycles. The number of hydrogen-bond donors (Lipinski definition) is 1. The van der Waals surface area contributed by atoms with Crippen LogP contribution in [-0.4, -0.2) is 46.7 Å². The van der Waals surface area contributed by atoms with Gasteiger partial charge in [-0.25, -0.2) is 38.7 Å². The molecule has 0 aliphatic carbocycles. The SMILES string of the molecule is CC(=O)C(=O)OOC(=O)CCC(=O)OOC(=O)C(=O)CC(C)O. The van der Waals surface area contributed by atoms with Gasteiger partial charge >= 0.3 is 23.9 Å². The first-order chi connectivity index (χ1) is 10.6. The van der Waals surface area contributed by atoms with Crippen molar-refractivity contribution in [3.63, 3.8) is 0 Å². The van der Waals surface area contributed by atoms with Crippen molar-refractivity contribution >= 4 is 35.4 Å². The average molecular weight is 334 g/mol. The average Bonchev–Trinajstić information content (AvgIpc) is 2.46. The summed E-state index contributed by atoms with van der Waals surface area (Å²) < 4.78 is 0. The maximum atomic E-state index is 11.1. The molecule has 1 atom stereocenters. The van der Waals surface area contributed by atoms with E-state index in [0.29, 0.717) is 0 Å². The summed E-state index contributed by atoms with van der Waals surface area (Å²) in [5.41, 5.74) is 0. The molecular formula is C12H14O11. The Morgan fingerprint density at radius 1 is 0.826 bits per heavy atom. The standard InChI is InChI=1S/C12H14O11/c1-6(13)5-8(15)12(19)23-21-10(17)4-3-9(16)20-22-11(18)7(2)14/h6,13H,3-5H2,1-2H3. The normalized spacial score (nSPS) is 10.9. The third-order valence-electron chi connectivity index (χ3n) is 1.95. The second-order valence-corrected chi connectivity index (χ2v) is 4.18. The van der Waals surface area contributed by atoms with Crippen LogP contribution in [0.1, 0.15) is 33.1 Å². The van der Waals surface area contributed by atoms with Crippen LogP contribution in [0.5, 0.6) is 0 Å². The summed E-state index contributed by atoms with van der Waals surface area (Å²) in [6.07, 6.45) is -2.81. The van der Waals surface area contributed by atoms with E-state index >= 15 is 0 Å². The molecule has 11 heteroatoms. The molecule has 1 unspecified atom stereocenters. The summed E-state index contributed by atoms with van der Waals surface area (Å²) in [5.74, 6) is -7.33. The van der Waals surface area contributed by atoms with Gasteiger partial charge in [0.25, 0.3) is 0 Å². The summed E-state index contributed by atoms with van der Waals surface area (Å²) in [4.78, 5) is 80.9. The van der Waals surface area contributed by atoms with Crippen LogP contribution in [0, 0.1) is 0 Å². The monoisotopic (exact) mass is 334 g/mol. The van der Waals surface area contributed by atoms with Crippen molar-refractivity contribution in [2.75, 3.05) is 0 Å². The molecule has 0 saturated heterocycles. The predicted molar refractivity (Wildman–Crippen MR) is 65.6 cm³/mol. The Morgan fingerprint density at radius 2 is 1.26 bits per heavy atom. The number of hydrogen-bond acceptors (Lipinski definition) is 11. The smallest absolute Gasteiger partial charge is 0.393 e. The van der Waals surface area contributed by atoms with Gasteiger partial charge in [0.15, 0.2) is 0 Å². The first-order valence-corrected chi connectivity index (χ1v) is 6.18. The van der Waals surface area contributed by atoms with Gasteiger partial charge in [0.2, 0.25) is 11.6 Å². The van der Waals surface area contributed by atoms with Gasteiger partial charge in [-0.05, 0) is 6.92 Å². The number of carbonyl (C=O) groups excluding carboxylic acids is 6. The van der Waals surface area contributed by atoms with Crippen molar-refractivity contribution < 1.29 is 53.4 Å². The molecule has 0 bridgehead atoms. The Kier molecular flexibility index (Phi) is 8.77. The van der Waals surface area contributed by atoms with Gasteiger partial charge in [0.05, 0.1) is 18.9 Å². The molecule has 0 amide bonds. The first kappa shape index (κ1) is 20.2. The highest BCUT2D eigenvalue weighted by molar-refractivity contribution is 6.33. The number of carbonyl (C=O) groups is 6. The van der Waals surface area contributed by atoms with E-state index in [2.05, 4.69) is 19.6 Å². The highest BCUT2D eigenvalue weighted by Crippen LogP contribution is 2.00. The van der Waals surface area contributed by atoms with Gasteiger partial charge < -0.3 is 5.11 Å². The zero-order chi connectivity index (χ0) is 18.0. The fraction of sp³-hybridized carbons (Fsp3) is 0.500. The van der Waals surface area contributed by atoms with Gasteiger partial charge in [-0.2, -0.15) is 0 Å². The molecule has 0 aliphatic heterocycles. The summed E-state index contributed by atoms with van der Waals surface area (Å²) in [7, 11) is 0. The largest absolute Gasteiger partial charge is 0.421 e. The van der Waals surface area contributed by atoms with E-state index in [1.54, 1.807) is 0 Å². The lowest BCUT2D eigenvalue weighted by Crippen LogP contribution is -2.23. The van der Waals surface area contributed by atoms with E-state index in [4.69, 9.17) is 5.11 Å². The van der Waals surface area contributed by atoms with Gasteiger partial charge in [0.1, 0.15) is 0 Å². The minimum absolute atomic E-state index is 0.510. The summed E-state index contributed by atoms with van der Waals surface area (Å²) in [6, 6.07) is 0. The molecule has 1 N–H and O–H groups in total. The van der Waals surface area contributed by atoms with E-state index < -0.39 is 60.8 Å². The number of Topliss-reactive ketones (excluding diaryl/α,β-unsaturated/α-hetero) is 2. The number of rotatable bonds is 7. The number of aliphatic hydroxyl groups is 1. The molecule has 0 aromatic rings. The predicted octanol–water partition coefficient (Wildman–Crippen LogP) is -1.30. The number of ketones is 2. The van der Waals surface area contributed by atoms with Crippen LogP contribution in [0.3, 0.4) is 0 Å². The van der Waals surface area contributed by atoms with E-state index in [0.717, 1.165) is 6.92 Å². The maximum Gasteiger partial charge on any atom is 0.421 e. The topological polar surface area (TPSA) is 160 Å². The van der Waals surface area contributed by atoms with Crippen LogP contribution < -0.4 is 0 Å². The van der Waals surface area contributed by atoms with Gasteiger partial charge in [-0.1, -0.05) is 0 Å². The van der Waals surface area contributed by atoms with Crippen molar-refractivity contribution in [1.29, 1.82) is 0 Å². The third-order valence-corrected chi connectivity index (χ3v) is 1.95. The first-order valence-electron chi connectivity index (χ1n) is 6.18. The lowest BCUT2D eigenvalue weighted by molar-refractivity contribution is -0.261. The highest BCUT2D eigenvalue weighted by atomic mass is 17.2. The number of aliphatic hydroxyl groups excluding tert-OH is 1. The minimum atomic E-state index is -1.49. The van der Waals surface area contributed by atoms with Gasteiger partial charge in [-0.3, -0.25) is 9.59 Å². The van der Waals surface area contributed by atoms with E-state index in [9.17, 15) is 28.8 Å². The molecule has 0 aliphatic rings. The van der Waals surface area contributed by atoms with Crippen molar-refractivity contribution in [2.24, 2.45) is 0 Å². The van der Waals surface area contributed by atoms with Crippen molar-refractivity contribution in [3.05, 3.63) is 0 Å². The van der Waals surface area contributed by atoms with Crippen molar-refractivity contribution in [2.45, 2.75) is 39.2 Å². The second-order valence-electron chi connectivity index (χ2n) is 4.18. The zero-order valence-electron chi connectivity index (χ0n) is 12.2. The molecule has 0 aromatic carbocycles. The Labute approximate surface area is 129 Å². The minimum Gasteiger partial charge on any atom is -0.393 e. The zero-order valence-corrected chi connectivity index (χ0v) is 12.2. The van der Waals surface area contributed by atoms with Crippen molar-refractivity contribution in [3.8, 4) is 0 Å². The maximum absolute atomic E-state index is 11.1. The summed E-state index contributed by atoms with van der Waals surface area (Å²) in [5, 5.41) is 8.87. The van der Waals surface area contributed by atoms with E-state index in [-0.39, 0.29) is 0 Å². The Bertz CT molecular complexity index is 505. The molecule has 0 saturated carbocycles. The van der Waals surface area contributed by atoms with Crippen LogP contribution in [0.25, 0.3) is 0 Å². The van der Waals surface area contributed by atoms with Crippen LogP contribution >= 0.6 is 0 Å². The molecule has 0 radical (unpaired) electrons. The molecule has 0 aromatic heterocycles. The molecule has 0 spiro atoms. The van der Waals surface area contributed by atoms with Crippen LogP contribution in [-0.2, 0) is 48.3 Å². The van der Waals surface area contributed by atoms with Crippen molar-refractivity contribution in [1.82, 2.24) is 0 Å². The van der Waals surface area contributed by atoms with Crippen LogP contribution in [0.2, 0.25) is 0 Å². The molecule has 0 rings (SSSR count). The summed E-state index contributed by atoms with van der Waals surface area (Å²) in [6.45, 7) is 2.16. The molecule has 128 valence electrons. The van der Waals surface area contributed by atoms with Gasteiger partial charge in [-0.15, -0.1) is 0 Å². The quantitative estimate of drug-likeness (QED) is 0.334. The molecular weight excluding hydrogens is 320 g/mol. The van der Waals surface area contributed by atoms with E-state index in [1.165, 1.54) is 6.92 Å². The lowest BCUT2D eigenvalue weighted by Gasteiger charge is -2.04. The fourth-order valence-electron chi connectivity index (χ4n) is 0.913. The van der Waals surface area contributed by atoms with Crippen LogP contribution in [0.15, 0.2) is 0 Å². The highest BCUT2D eigenvalue weighted by Gasteiger charge is 2.21. The molecule has 0 fully saturated rings. The van der Waals surface area contributed by atoms with E-state index in [1.807, 2.05) is 0 Å². The lowest BCUT2D eigenvalue weighted by atomic mass is 10.2. The van der Waals surface area contributed by atoms with Gasteiger partial charge in [0, 0.05) is 13.3 Å². The Morgan fingerprint density at radius 3 is 1.65 bits per heavy atom. The Hall–Kier alpha value is -2.82. The second kappa shape index (κ2) is 10.00. The summed E-state index contributed by atoms with van der Waals surface area (Å²) >= 11 is 0. The third kappa shape index (κ3) is 9.68. The molecule has 23 heavy (non-hydrogen) atoms. The molecule has 11 nitrogen and oxygen atoms in total. The Balaban J connectivity index is 3.97. The fourth-order valence-corrected chi connectivity index (χ4v) is 0.913. The van der Waals surface area contributed by atoms with Crippen LogP contribution in [0.4, 0.5) is 0 Å².